The Morgan fingerprint density at radius 2 is 1.76 bits per heavy atom. The van der Waals surface area contributed by atoms with E-state index < -0.39 is 4.92 Å². The van der Waals surface area contributed by atoms with Crippen LogP contribution in [0.3, 0.4) is 0 Å². The lowest BCUT2D eigenvalue weighted by atomic mass is 10.1. The minimum absolute atomic E-state index is 0.0636. The predicted octanol–water partition coefficient (Wildman–Crippen LogP) is 6.20. The summed E-state index contributed by atoms with van der Waals surface area (Å²) in [6, 6.07) is 14.2. The van der Waals surface area contributed by atoms with Crippen LogP contribution in [0.25, 0.3) is 11.8 Å². The molecule has 2 aromatic carbocycles. The molecule has 1 fully saturated rings. The van der Waals surface area contributed by atoms with E-state index in [9.17, 15) is 19.7 Å². The third kappa shape index (κ3) is 4.44. The van der Waals surface area contributed by atoms with Gasteiger partial charge in [-0.2, -0.15) is 0 Å². The second-order valence-electron chi connectivity index (χ2n) is 7.81. The van der Waals surface area contributed by atoms with Crippen molar-refractivity contribution in [3.8, 4) is 5.69 Å². The first kappa shape index (κ1) is 22.8. The van der Waals surface area contributed by atoms with Gasteiger partial charge in [-0.05, 0) is 67.9 Å². The lowest BCUT2D eigenvalue weighted by Gasteiger charge is -2.12. The van der Waals surface area contributed by atoms with Crippen LogP contribution >= 0.6 is 23.4 Å². The zero-order valence-electron chi connectivity index (χ0n) is 18.2. The molecular weight excluding hydrogens is 462 g/mol. The van der Waals surface area contributed by atoms with Gasteiger partial charge in [0.15, 0.2) is 0 Å². The van der Waals surface area contributed by atoms with E-state index in [4.69, 9.17) is 11.6 Å². The highest BCUT2D eigenvalue weighted by molar-refractivity contribution is 8.18. The fourth-order valence-corrected chi connectivity index (χ4v) is 4.78. The van der Waals surface area contributed by atoms with Gasteiger partial charge in [-0.1, -0.05) is 41.4 Å². The topological polar surface area (TPSA) is 85.4 Å². The fraction of sp³-hybridized carbons (Fsp3) is 0.167. The van der Waals surface area contributed by atoms with E-state index in [0.717, 1.165) is 39.8 Å². The monoisotopic (exact) mass is 481 g/mol. The van der Waals surface area contributed by atoms with Crippen molar-refractivity contribution in [3.63, 3.8) is 0 Å². The molecular formula is C24H20ClN3O4S. The van der Waals surface area contributed by atoms with Crippen molar-refractivity contribution in [1.82, 2.24) is 9.47 Å². The van der Waals surface area contributed by atoms with Crippen molar-refractivity contribution in [2.45, 2.75) is 27.3 Å². The van der Waals surface area contributed by atoms with Gasteiger partial charge in [-0.3, -0.25) is 24.6 Å². The quantitative estimate of drug-likeness (QED) is 0.246. The Kier molecular flexibility index (Phi) is 6.14. The number of imide groups is 1. The van der Waals surface area contributed by atoms with Crippen LogP contribution < -0.4 is 0 Å². The molecule has 1 aromatic heterocycles. The fourth-order valence-electron chi connectivity index (χ4n) is 3.76. The molecule has 0 radical (unpaired) electrons. The molecule has 0 unspecified atom stereocenters. The SMILES string of the molecule is Cc1ccc(CN2C(=O)S/C(=C\c3cc(C)n(-c4ccc(Cl)c([N+](=O)[O-])c4)c3C)C2=O)cc1. The predicted molar refractivity (Wildman–Crippen MR) is 130 cm³/mol. The largest absolute Gasteiger partial charge is 0.318 e. The lowest BCUT2D eigenvalue weighted by molar-refractivity contribution is -0.384. The summed E-state index contributed by atoms with van der Waals surface area (Å²) in [5, 5.41) is 11.0. The van der Waals surface area contributed by atoms with E-state index in [1.807, 2.05) is 55.7 Å². The van der Waals surface area contributed by atoms with Crippen molar-refractivity contribution in [2.24, 2.45) is 0 Å². The van der Waals surface area contributed by atoms with Crippen LogP contribution in [0, 0.1) is 30.9 Å². The Balaban J connectivity index is 1.64. The highest BCUT2D eigenvalue weighted by Crippen LogP contribution is 2.35. The molecule has 9 heteroatoms. The molecule has 0 spiro atoms. The van der Waals surface area contributed by atoms with Crippen LogP contribution in [0.1, 0.15) is 28.1 Å². The smallest absolute Gasteiger partial charge is 0.293 e. The number of aryl methyl sites for hydroxylation is 2. The summed E-state index contributed by atoms with van der Waals surface area (Å²) in [7, 11) is 0. The zero-order valence-corrected chi connectivity index (χ0v) is 19.7. The number of carbonyl (C=O) groups excluding carboxylic acids is 2. The Hall–Kier alpha value is -3.36. The maximum atomic E-state index is 12.9. The molecule has 0 atom stereocenters. The van der Waals surface area contributed by atoms with Gasteiger partial charge in [0.25, 0.3) is 16.8 Å². The number of nitrogens with zero attached hydrogens (tertiary/aromatic N) is 3. The van der Waals surface area contributed by atoms with Gasteiger partial charge in [0.1, 0.15) is 5.02 Å². The first-order valence-corrected chi connectivity index (χ1v) is 11.3. The van der Waals surface area contributed by atoms with Crippen LogP contribution in [-0.4, -0.2) is 25.5 Å². The molecule has 0 N–H and O–H groups in total. The Labute approximate surface area is 199 Å². The van der Waals surface area contributed by atoms with Crippen molar-refractivity contribution >= 4 is 46.3 Å². The number of hydrogen-bond donors (Lipinski definition) is 0. The molecule has 2 amide bonds. The number of aromatic nitrogens is 1. The lowest BCUT2D eigenvalue weighted by Crippen LogP contribution is -2.27. The minimum atomic E-state index is -0.523. The van der Waals surface area contributed by atoms with Crippen molar-refractivity contribution in [1.29, 1.82) is 0 Å². The van der Waals surface area contributed by atoms with Gasteiger partial charge in [0.05, 0.1) is 22.1 Å². The van der Waals surface area contributed by atoms with Crippen LogP contribution in [0.2, 0.25) is 5.02 Å². The number of halogens is 1. The number of nitro benzene ring substituents is 1. The van der Waals surface area contributed by atoms with Gasteiger partial charge >= 0.3 is 0 Å². The van der Waals surface area contributed by atoms with Gasteiger partial charge in [0.2, 0.25) is 0 Å². The third-order valence-corrected chi connectivity index (χ3v) is 6.70. The standard InChI is InChI=1S/C24H20ClN3O4S/c1-14-4-6-17(7-5-14)13-26-23(29)22(33-24(26)30)11-18-10-15(2)27(16(18)3)19-8-9-20(25)21(12-19)28(31)32/h4-12H,13H2,1-3H3/b22-11-. The van der Waals surface area contributed by atoms with Gasteiger partial charge < -0.3 is 4.57 Å². The number of nitro groups is 1. The van der Waals surface area contributed by atoms with E-state index >= 15 is 0 Å². The Morgan fingerprint density at radius 1 is 1.06 bits per heavy atom. The van der Waals surface area contributed by atoms with Crippen molar-refractivity contribution in [3.05, 3.63) is 96.7 Å². The molecule has 1 aliphatic rings. The van der Waals surface area contributed by atoms with E-state index in [2.05, 4.69) is 0 Å². The number of amides is 2. The number of benzene rings is 2. The Bertz CT molecular complexity index is 1330. The average Bonchev–Trinajstić information content (AvgIpc) is 3.19. The summed E-state index contributed by atoms with van der Waals surface area (Å²) in [5.74, 6) is -0.336. The number of thioether (sulfide) groups is 1. The van der Waals surface area contributed by atoms with Gasteiger partial charge in [-0.25, -0.2) is 0 Å². The van der Waals surface area contributed by atoms with Gasteiger partial charge in [0, 0.05) is 17.5 Å². The summed E-state index contributed by atoms with van der Waals surface area (Å²) < 4.78 is 1.85. The maximum Gasteiger partial charge on any atom is 0.293 e. The first-order chi connectivity index (χ1) is 15.7. The molecule has 1 aliphatic heterocycles. The minimum Gasteiger partial charge on any atom is -0.318 e. The number of carbonyl (C=O) groups is 2. The number of hydrogen-bond acceptors (Lipinski definition) is 5. The van der Waals surface area contributed by atoms with Crippen LogP contribution in [-0.2, 0) is 11.3 Å². The molecule has 3 aromatic rings. The molecule has 0 saturated carbocycles. The molecule has 0 aliphatic carbocycles. The molecule has 1 saturated heterocycles. The molecule has 168 valence electrons. The second-order valence-corrected chi connectivity index (χ2v) is 9.21. The highest BCUT2D eigenvalue weighted by Gasteiger charge is 2.35. The third-order valence-electron chi connectivity index (χ3n) is 5.48. The van der Waals surface area contributed by atoms with Gasteiger partial charge in [-0.15, -0.1) is 0 Å². The van der Waals surface area contributed by atoms with E-state index in [1.165, 1.54) is 17.0 Å². The van der Waals surface area contributed by atoms with Crippen LogP contribution in [0.15, 0.2) is 53.4 Å². The first-order valence-electron chi connectivity index (χ1n) is 10.1. The molecule has 4 rings (SSSR count). The van der Waals surface area contributed by atoms with Crippen molar-refractivity contribution < 1.29 is 14.5 Å². The van der Waals surface area contributed by atoms with Crippen LogP contribution in [0.4, 0.5) is 10.5 Å². The Morgan fingerprint density at radius 3 is 2.42 bits per heavy atom. The van der Waals surface area contributed by atoms with Crippen molar-refractivity contribution in [2.75, 3.05) is 0 Å². The van der Waals surface area contributed by atoms with Crippen LogP contribution in [0.5, 0.6) is 0 Å². The molecule has 2 heterocycles. The maximum absolute atomic E-state index is 12.9. The molecule has 0 bridgehead atoms. The van der Waals surface area contributed by atoms with E-state index in [1.54, 1.807) is 12.1 Å². The summed E-state index contributed by atoms with van der Waals surface area (Å²) in [6.45, 7) is 5.92. The summed E-state index contributed by atoms with van der Waals surface area (Å²) in [4.78, 5) is 37.8. The normalized spacial score (nSPS) is 15.0. The van der Waals surface area contributed by atoms with E-state index in [-0.39, 0.29) is 28.4 Å². The number of rotatable bonds is 5. The average molecular weight is 482 g/mol. The molecule has 7 nitrogen and oxygen atoms in total. The summed E-state index contributed by atoms with van der Waals surface area (Å²) in [6.07, 6.45) is 1.70. The second kappa shape index (κ2) is 8.88. The highest BCUT2D eigenvalue weighted by atomic mass is 35.5. The summed E-state index contributed by atoms with van der Waals surface area (Å²) >= 11 is 6.86. The van der Waals surface area contributed by atoms with E-state index in [0.29, 0.717) is 10.6 Å². The molecule has 33 heavy (non-hydrogen) atoms. The zero-order chi connectivity index (χ0) is 23.9. The summed E-state index contributed by atoms with van der Waals surface area (Å²) in [5.41, 5.74) is 4.77.